The van der Waals surface area contributed by atoms with Crippen LogP contribution < -0.4 is 5.32 Å². The summed E-state index contributed by atoms with van der Waals surface area (Å²) in [5.41, 5.74) is 1.61. The maximum Gasteiger partial charge on any atom is 0.133 e. The number of aromatic nitrogens is 2. The lowest BCUT2D eigenvalue weighted by molar-refractivity contribution is 0.175. The molecule has 0 amide bonds. The molecule has 3 heteroatoms. The summed E-state index contributed by atoms with van der Waals surface area (Å²) < 4.78 is 0. The van der Waals surface area contributed by atoms with E-state index in [0.29, 0.717) is 5.54 Å². The van der Waals surface area contributed by atoms with E-state index in [0.717, 1.165) is 12.4 Å². The van der Waals surface area contributed by atoms with Crippen LogP contribution in [0.5, 0.6) is 0 Å². The second-order valence-corrected chi connectivity index (χ2v) is 6.51. The third kappa shape index (κ3) is 2.89. The van der Waals surface area contributed by atoms with E-state index in [1.165, 1.54) is 31.2 Å². The minimum atomic E-state index is 0.0323. The molecular weight excluding hydrogens is 222 g/mol. The minimum absolute atomic E-state index is 0.0323. The first kappa shape index (κ1) is 13.5. The molecule has 0 bridgehead atoms. The molecule has 3 nitrogen and oxygen atoms in total. The second kappa shape index (κ2) is 4.96. The maximum absolute atomic E-state index is 4.47. The van der Waals surface area contributed by atoms with Crippen LogP contribution >= 0.6 is 0 Å². The molecule has 1 aromatic heterocycles. The zero-order chi connectivity index (χ0) is 13.2. The van der Waals surface area contributed by atoms with E-state index < -0.39 is 0 Å². The van der Waals surface area contributed by atoms with Gasteiger partial charge in [0.05, 0.1) is 0 Å². The fourth-order valence-corrected chi connectivity index (χ4v) is 2.38. The molecule has 1 fully saturated rings. The Labute approximate surface area is 110 Å². The van der Waals surface area contributed by atoms with Gasteiger partial charge in [-0.3, -0.25) is 0 Å². The van der Waals surface area contributed by atoms with Gasteiger partial charge in [-0.25, -0.2) is 9.97 Å². The van der Waals surface area contributed by atoms with Gasteiger partial charge in [0, 0.05) is 35.5 Å². The predicted molar refractivity (Wildman–Crippen MR) is 74.4 cm³/mol. The van der Waals surface area contributed by atoms with E-state index >= 15 is 0 Å². The molecule has 0 saturated heterocycles. The summed E-state index contributed by atoms with van der Waals surface area (Å²) in [5, 5.41) is 3.68. The molecule has 18 heavy (non-hydrogen) atoms. The molecule has 1 aliphatic carbocycles. The van der Waals surface area contributed by atoms with Crippen LogP contribution in [-0.2, 0) is 12.0 Å². The molecule has 1 aromatic rings. The quantitative estimate of drug-likeness (QED) is 0.888. The zero-order valence-electron chi connectivity index (χ0n) is 12.1. The molecule has 0 aliphatic heterocycles. The molecule has 1 saturated carbocycles. The zero-order valence-corrected chi connectivity index (χ0v) is 12.1. The van der Waals surface area contributed by atoms with Gasteiger partial charge < -0.3 is 5.32 Å². The summed E-state index contributed by atoms with van der Waals surface area (Å²) in [6, 6.07) is 0. The van der Waals surface area contributed by atoms with Crippen LogP contribution in [0.15, 0.2) is 12.4 Å². The van der Waals surface area contributed by atoms with E-state index in [-0.39, 0.29) is 5.41 Å². The first-order valence-electron chi connectivity index (χ1n) is 7.02. The van der Waals surface area contributed by atoms with Crippen LogP contribution in [0.1, 0.15) is 64.8 Å². The van der Waals surface area contributed by atoms with Crippen LogP contribution in [0.3, 0.4) is 0 Å². The van der Waals surface area contributed by atoms with E-state index in [1.54, 1.807) is 0 Å². The lowest BCUT2D eigenvalue weighted by atomic mass is 9.75. The molecule has 2 rings (SSSR count). The smallest absolute Gasteiger partial charge is 0.133 e. The Kier molecular flexibility index (Phi) is 3.71. The Hall–Kier alpha value is -0.960. The molecular formula is C15H25N3. The van der Waals surface area contributed by atoms with E-state index in [9.17, 15) is 0 Å². The highest BCUT2D eigenvalue weighted by atomic mass is 15.0. The van der Waals surface area contributed by atoms with Crippen molar-refractivity contribution in [3.05, 3.63) is 23.8 Å². The third-order valence-corrected chi connectivity index (χ3v) is 4.03. The molecule has 0 aromatic carbocycles. The lowest BCUT2D eigenvalue weighted by Gasteiger charge is -2.42. The van der Waals surface area contributed by atoms with Gasteiger partial charge in [0.2, 0.25) is 0 Å². The summed E-state index contributed by atoms with van der Waals surface area (Å²) in [6.07, 6.45) is 9.12. The van der Waals surface area contributed by atoms with Crippen molar-refractivity contribution < 1.29 is 0 Å². The predicted octanol–water partition coefficient (Wildman–Crippen LogP) is 3.20. The lowest BCUT2D eigenvalue weighted by Crippen LogP contribution is -2.49. The maximum atomic E-state index is 4.47. The van der Waals surface area contributed by atoms with Crippen molar-refractivity contribution in [3.8, 4) is 0 Å². The van der Waals surface area contributed by atoms with Crippen LogP contribution in [0.4, 0.5) is 0 Å². The standard InChI is InChI=1S/C15H25N3/c1-5-15(7-6-8-15)18-11-12-9-16-13(17-10-12)14(2,3)4/h9-10,18H,5-8,11H2,1-4H3. The summed E-state index contributed by atoms with van der Waals surface area (Å²) in [4.78, 5) is 8.94. The SMILES string of the molecule is CCC1(NCc2cnc(C(C)(C)C)nc2)CCC1. The minimum Gasteiger partial charge on any atom is -0.307 e. The summed E-state index contributed by atoms with van der Waals surface area (Å²) in [5.74, 6) is 0.917. The highest BCUT2D eigenvalue weighted by Crippen LogP contribution is 2.34. The largest absolute Gasteiger partial charge is 0.307 e. The van der Waals surface area contributed by atoms with E-state index in [1.807, 2.05) is 12.4 Å². The third-order valence-electron chi connectivity index (χ3n) is 4.03. The number of hydrogen-bond acceptors (Lipinski definition) is 3. The molecule has 0 spiro atoms. The van der Waals surface area contributed by atoms with Crippen molar-refractivity contribution in [1.82, 2.24) is 15.3 Å². The Bertz CT molecular complexity index is 380. The Balaban J connectivity index is 1.94. The average molecular weight is 247 g/mol. The van der Waals surface area contributed by atoms with Crippen molar-refractivity contribution in [1.29, 1.82) is 0 Å². The average Bonchev–Trinajstić information content (AvgIpc) is 2.28. The van der Waals surface area contributed by atoms with Gasteiger partial charge in [-0.15, -0.1) is 0 Å². The van der Waals surface area contributed by atoms with Crippen LogP contribution in [0.2, 0.25) is 0 Å². The van der Waals surface area contributed by atoms with Gasteiger partial charge in [0.1, 0.15) is 5.82 Å². The van der Waals surface area contributed by atoms with Gasteiger partial charge in [-0.05, 0) is 25.7 Å². The van der Waals surface area contributed by atoms with Gasteiger partial charge in [0.15, 0.2) is 0 Å². The molecule has 0 unspecified atom stereocenters. The normalized spacial score (nSPS) is 18.4. The molecule has 1 heterocycles. The monoisotopic (exact) mass is 247 g/mol. The summed E-state index contributed by atoms with van der Waals surface area (Å²) in [6.45, 7) is 9.58. The molecule has 100 valence electrons. The first-order chi connectivity index (χ1) is 8.45. The Morgan fingerprint density at radius 1 is 1.22 bits per heavy atom. The molecule has 0 radical (unpaired) electrons. The van der Waals surface area contributed by atoms with Crippen molar-refractivity contribution in [2.75, 3.05) is 0 Å². The Morgan fingerprint density at radius 2 is 1.83 bits per heavy atom. The van der Waals surface area contributed by atoms with Crippen LogP contribution in [0, 0.1) is 0 Å². The molecule has 1 N–H and O–H groups in total. The highest BCUT2D eigenvalue weighted by molar-refractivity contribution is 5.10. The van der Waals surface area contributed by atoms with Crippen molar-refractivity contribution >= 4 is 0 Å². The summed E-state index contributed by atoms with van der Waals surface area (Å²) in [7, 11) is 0. The van der Waals surface area contributed by atoms with Gasteiger partial charge >= 0.3 is 0 Å². The second-order valence-electron chi connectivity index (χ2n) is 6.51. The molecule has 0 atom stereocenters. The van der Waals surface area contributed by atoms with E-state index in [4.69, 9.17) is 0 Å². The van der Waals surface area contributed by atoms with Gasteiger partial charge in [-0.1, -0.05) is 27.7 Å². The van der Waals surface area contributed by atoms with Gasteiger partial charge in [0.25, 0.3) is 0 Å². The highest BCUT2D eigenvalue weighted by Gasteiger charge is 2.34. The van der Waals surface area contributed by atoms with Gasteiger partial charge in [-0.2, -0.15) is 0 Å². The van der Waals surface area contributed by atoms with Crippen molar-refractivity contribution in [2.24, 2.45) is 0 Å². The number of nitrogens with one attached hydrogen (secondary N) is 1. The Morgan fingerprint density at radius 3 is 2.22 bits per heavy atom. The fourth-order valence-electron chi connectivity index (χ4n) is 2.38. The topological polar surface area (TPSA) is 37.8 Å². The number of hydrogen-bond donors (Lipinski definition) is 1. The van der Waals surface area contributed by atoms with Crippen LogP contribution in [-0.4, -0.2) is 15.5 Å². The molecule has 1 aliphatic rings. The summed E-state index contributed by atoms with van der Waals surface area (Å²) >= 11 is 0. The van der Waals surface area contributed by atoms with Crippen molar-refractivity contribution in [3.63, 3.8) is 0 Å². The fraction of sp³-hybridized carbons (Fsp3) is 0.733. The first-order valence-corrected chi connectivity index (χ1v) is 7.02. The number of nitrogens with zero attached hydrogens (tertiary/aromatic N) is 2. The number of rotatable bonds is 4. The van der Waals surface area contributed by atoms with Crippen LogP contribution in [0.25, 0.3) is 0 Å². The van der Waals surface area contributed by atoms with E-state index in [2.05, 4.69) is 43.0 Å². The van der Waals surface area contributed by atoms with Crippen molar-refractivity contribution in [2.45, 2.75) is 70.9 Å².